The van der Waals surface area contributed by atoms with Crippen LogP contribution in [0, 0.1) is 0 Å². The third kappa shape index (κ3) is 113. The highest BCUT2D eigenvalue weighted by Gasteiger charge is 1.99. The molecular weight excluding hydrogens is 833 g/mol. The van der Waals surface area contributed by atoms with Crippen molar-refractivity contribution < 1.29 is 80.3 Å². The van der Waals surface area contributed by atoms with Gasteiger partial charge in [0.15, 0.2) is 37.7 Å². The van der Waals surface area contributed by atoms with Crippen molar-refractivity contribution in [3.63, 3.8) is 0 Å². The summed E-state index contributed by atoms with van der Waals surface area (Å²) in [6.07, 6.45) is 21.3. The van der Waals surface area contributed by atoms with Gasteiger partial charge in [-0.15, -0.1) is 0 Å². The molecule has 0 bridgehead atoms. The number of rotatable bonds is 33. The lowest BCUT2D eigenvalue weighted by Gasteiger charge is -2.03. The van der Waals surface area contributed by atoms with E-state index in [9.17, 15) is 9.59 Å². The van der Waals surface area contributed by atoms with Gasteiger partial charge in [0.25, 0.3) is 0 Å². The van der Waals surface area contributed by atoms with Crippen molar-refractivity contribution in [2.75, 3.05) is 13.2 Å². The molecule has 0 aliphatic heterocycles. The third-order valence-corrected chi connectivity index (χ3v) is 8.26. The molecule has 0 aromatic carbocycles. The van der Waals surface area contributed by atoms with Crippen molar-refractivity contribution in [3.05, 3.63) is 25.3 Å². The zero-order chi connectivity index (χ0) is 50.7. The van der Waals surface area contributed by atoms with E-state index in [1.165, 1.54) is 0 Å². The summed E-state index contributed by atoms with van der Waals surface area (Å²) in [5.41, 5.74) is 0. The van der Waals surface area contributed by atoms with Crippen LogP contribution in [0.2, 0.25) is 0 Å². The maximum Gasteiger partial charge on any atom is 0.330 e. The standard InChI is InChI=1S/C12H18O4.6C6H14O2/c1-3-11(13)15-9-7-5-6-8-10-16-12(14)4-2;6*1-2-3-4-5-6(7)8/h3-4H,1-2,5-10H2;6*6-8H,2-5H2,1H3. The monoisotopic (exact) mass is 935 g/mol. The summed E-state index contributed by atoms with van der Waals surface area (Å²) in [4.78, 5) is 21.3. The van der Waals surface area contributed by atoms with Crippen LogP contribution in [-0.4, -0.2) is 124 Å². The molecule has 0 saturated heterocycles. The Morgan fingerprint density at radius 2 is 0.500 bits per heavy atom. The lowest BCUT2D eigenvalue weighted by atomic mass is 10.2. The van der Waals surface area contributed by atoms with Gasteiger partial charge in [0, 0.05) is 12.2 Å². The van der Waals surface area contributed by atoms with Gasteiger partial charge in [0.2, 0.25) is 0 Å². The molecule has 0 atom stereocenters. The minimum Gasteiger partial charge on any atom is -0.463 e. The first-order valence-electron chi connectivity index (χ1n) is 24.1. The number of hydrogen-bond donors (Lipinski definition) is 12. The van der Waals surface area contributed by atoms with Crippen LogP contribution in [0.1, 0.15) is 221 Å². The molecule has 0 heterocycles. The van der Waals surface area contributed by atoms with E-state index in [0.717, 1.165) is 153 Å². The van der Waals surface area contributed by atoms with E-state index >= 15 is 0 Å². The Morgan fingerprint density at radius 1 is 0.328 bits per heavy atom. The van der Waals surface area contributed by atoms with Gasteiger partial charge in [-0.2, -0.15) is 0 Å². The normalized spacial score (nSPS) is 10.2. The molecular formula is C48H102O16. The average molecular weight is 935 g/mol. The van der Waals surface area contributed by atoms with E-state index in [4.69, 9.17) is 70.8 Å². The molecule has 0 aliphatic rings. The molecule has 12 N–H and O–H groups in total. The van der Waals surface area contributed by atoms with Gasteiger partial charge in [-0.1, -0.05) is 132 Å². The summed E-state index contributed by atoms with van der Waals surface area (Å²) >= 11 is 0. The van der Waals surface area contributed by atoms with Crippen molar-refractivity contribution in [2.24, 2.45) is 0 Å². The van der Waals surface area contributed by atoms with Crippen LogP contribution in [0.15, 0.2) is 25.3 Å². The van der Waals surface area contributed by atoms with E-state index in [-0.39, 0.29) is 11.9 Å². The van der Waals surface area contributed by atoms with Gasteiger partial charge in [0.05, 0.1) is 13.2 Å². The van der Waals surface area contributed by atoms with Crippen LogP contribution in [-0.2, 0) is 19.1 Å². The van der Waals surface area contributed by atoms with Gasteiger partial charge < -0.3 is 70.8 Å². The fourth-order valence-electron chi connectivity index (χ4n) is 4.48. The SMILES string of the molecule is C=CC(=O)OCCCCCCOC(=O)C=C.CCCCCC(O)O.CCCCCC(O)O.CCCCCC(O)O.CCCCCC(O)O.CCCCCC(O)O.CCCCCC(O)O. The average Bonchev–Trinajstić information content (AvgIpc) is 3.23. The summed E-state index contributed by atoms with van der Waals surface area (Å²) < 4.78 is 9.60. The summed E-state index contributed by atoms with van der Waals surface area (Å²) in [5.74, 6) is -0.778. The van der Waals surface area contributed by atoms with Crippen molar-refractivity contribution >= 4 is 11.9 Å². The van der Waals surface area contributed by atoms with E-state index in [1.807, 2.05) is 0 Å². The first kappa shape index (κ1) is 76.2. The number of aliphatic hydroxyl groups is 12. The quantitative estimate of drug-likeness (QED) is 0.0133. The summed E-state index contributed by atoms with van der Waals surface area (Å²) in [6.45, 7) is 19.9. The minimum absolute atomic E-state index is 0.389. The maximum atomic E-state index is 10.6. The van der Waals surface area contributed by atoms with Crippen LogP contribution < -0.4 is 0 Å². The van der Waals surface area contributed by atoms with E-state index in [0.29, 0.717) is 51.7 Å². The Kier molecular flexibility index (Phi) is 83.3. The number of unbranched alkanes of at least 4 members (excludes halogenated alkanes) is 15. The van der Waals surface area contributed by atoms with Gasteiger partial charge in [-0.3, -0.25) is 0 Å². The second-order valence-corrected chi connectivity index (χ2v) is 15.0. The molecule has 0 unspecified atom stereocenters. The highest BCUT2D eigenvalue weighted by Crippen LogP contribution is 2.04. The first-order valence-corrected chi connectivity index (χ1v) is 24.1. The van der Waals surface area contributed by atoms with Crippen LogP contribution in [0.25, 0.3) is 0 Å². The molecule has 0 saturated carbocycles. The Labute approximate surface area is 389 Å². The number of carbonyl (C=O) groups excluding carboxylic acids is 2. The van der Waals surface area contributed by atoms with Crippen LogP contribution in [0.3, 0.4) is 0 Å². The Morgan fingerprint density at radius 3 is 0.625 bits per heavy atom. The van der Waals surface area contributed by atoms with Gasteiger partial charge in [-0.05, 0) is 103 Å². The molecule has 64 heavy (non-hydrogen) atoms. The van der Waals surface area contributed by atoms with E-state index in [2.05, 4.69) is 54.7 Å². The van der Waals surface area contributed by atoms with Crippen LogP contribution >= 0.6 is 0 Å². The van der Waals surface area contributed by atoms with Crippen LogP contribution in [0.5, 0.6) is 0 Å². The Bertz CT molecular complexity index is 721. The molecule has 0 radical (unpaired) electrons. The highest BCUT2D eigenvalue weighted by atomic mass is 16.5. The van der Waals surface area contributed by atoms with Crippen molar-refractivity contribution in [3.8, 4) is 0 Å². The van der Waals surface area contributed by atoms with Crippen molar-refractivity contribution in [1.82, 2.24) is 0 Å². The van der Waals surface area contributed by atoms with Gasteiger partial charge in [-0.25, -0.2) is 9.59 Å². The van der Waals surface area contributed by atoms with Crippen molar-refractivity contribution in [2.45, 2.75) is 259 Å². The first-order chi connectivity index (χ1) is 30.3. The molecule has 0 amide bonds. The summed E-state index contributed by atoms with van der Waals surface area (Å²) in [7, 11) is 0. The zero-order valence-electron chi connectivity index (χ0n) is 41.2. The number of carbonyl (C=O) groups is 2. The molecule has 0 fully saturated rings. The van der Waals surface area contributed by atoms with E-state index < -0.39 is 37.7 Å². The van der Waals surface area contributed by atoms with Crippen molar-refractivity contribution in [1.29, 1.82) is 0 Å². The lowest BCUT2D eigenvalue weighted by Crippen LogP contribution is -2.03. The highest BCUT2D eigenvalue weighted by molar-refractivity contribution is 5.81. The minimum atomic E-state index is -1.10. The van der Waals surface area contributed by atoms with E-state index in [1.54, 1.807) is 0 Å². The fraction of sp³-hybridized carbons (Fsp3) is 0.875. The third-order valence-electron chi connectivity index (χ3n) is 8.26. The molecule has 16 nitrogen and oxygen atoms in total. The molecule has 0 spiro atoms. The second kappa shape index (κ2) is 70.0. The molecule has 0 rings (SSSR count). The van der Waals surface area contributed by atoms with Gasteiger partial charge in [0.1, 0.15) is 0 Å². The Balaban J connectivity index is -0.000000121. The molecule has 0 aromatic heterocycles. The number of aliphatic hydroxyl groups excluding tert-OH is 6. The largest absolute Gasteiger partial charge is 0.463 e. The molecule has 0 aromatic rings. The predicted octanol–water partition coefficient (Wildman–Crippen LogP) is 7.27. The summed E-state index contributed by atoms with van der Waals surface area (Å²) in [6, 6.07) is 0. The number of ether oxygens (including phenoxy) is 2. The fourth-order valence-corrected chi connectivity index (χ4v) is 4.48. The molecule has 390 valence electrons. The van der Waals surface area contributed by atoms with Crippen LogP contribution in [0.4, 0.5) is 0 Å². The Hall–Kier alpha value is -2.06. The van der Waals surface area contributed by atoms with Gasteiger partial charge >= 0.3 is 11.9 Å². The smallest absolute Gasteiger partial charge is 0.330 e. The number of hydrogen-bond acceptors (Lipinski definition) is 16. The predicted molar refractivity (Wildman–Crippen MR) is 255 cm³/mol. The topological polar surface area (TPSA) is 295 Å². The lowest BCUT2D eigenvalue weighted by molar-refractivity contribution is -0.139. The maximum absolute atomic E-state index is 10.6. The summed E-state index contributed by atoms with van der Waals surface area (Å²) in [5, 5.41) is 100. The second-order valence-electron chi connectivity index (χ2n) is 15.0. The molecule has 16 heteroatoms. The number of esters is 2. The molecule has 0 aliphatic carbocycles. The zero-order valence-corrected chi connectivity index (χ0v) is 41.2.